The number of carboxylic acid groups (broad SMARTS) is 1. The van der Waals surface area contributed by atoms with Crippen LogP contribution in [0.15, 0.2) is 0 Å². The van der Waals surface area contributed by atoms with Gasteiger partial charge in [-0.1, -0.05) is 6.92 Å². The normalized spacial score (nSPS) is 39.8. The van der Waals surface area contributed by atoms with Crippen LogP contribution in [-0.4, -0.2) is 48.9 Å². The first-order valence-corrected chi connectivity index (χ1v) is 6.18. The Labute approximate surface area is 106 Å². The number of aliphatic carboxylic acids is 1. The zero-order chi connectivity index (χ0) is 13.3. The summed E-state index contributed by atoms with van der Waals surface area (Å²) < 4.78 is 10.6. The molecular weight excluding hydrogens is 238 g/mol. The first kappa shape index (κ1) is 13.3. The van der Waals surface area contributed by atoms with Crippen LogP contribution in [-0.2, 0) is 19.1 Å². The third-order valence-electron chi connectivity index (χ3n) is 3.91. The van der Waals surface area contributed by atoms with Crippen LogP contribution in [0.2, 0.25) is 0 Å². The lowest BCUT2D eigenvalue weighted by atomic mass is 9.85. The molecule has 4 unspecified atom stereocenters. The fourth-order valence-corrected chi connectivity index (χ4v) is 2.37. The molecule has 2 aliphatic heterocycles. The number of carboxylic acids is 1. The standard InChI is InChI=1S/C12H19NO5/c1-7-3-4-18-9(7)10(14)13-8-5-17-6-12(8,2)11(15)16/h7-9H,3-6H2,1-2H3,(H,13,14)(H,15,16). The minimum absolute atomic E-state index is 0.119. The molecule has 0 aromatic carbocycles. The molecule has 18 heavy (non-hydrogen) atoms. The summed E-state index contributed by atoms with van der Waals surface area (Å²) in [5.41, 5.74) is -1.06. The lowest BCUT2D eigenvalue weighted by Gasteiger charge is -2.27. The first-order valence-electron chi connectivity index (χ1n) is 6.18. The van der Waals surface area contributed by atoms with Crippen molar-refractivity contribution in [2.45, 2.75) is 32.4 Å². The number of amides is 1. The van der Waals surface area contributed by atoms with E-state index in [1.807, 2.05) is 6.92 Å². The number of nitrogens with one attached hydrogen (secondary N) is 1. The minimum Gasteiger partial charge on any atom is -0.481 e. The van der Waals surface area contributed by atoms with Crippen molar-refractivity contribution in [3.8, 4) is 0 Å². The summed E-state index contributed by atoms with van der Waals surface area (Å²) in [6.45, 7) is 4.48. The average molecular weight is 257 g/mol. The molecule has 6 heteroatoms. The van der Waals surface area contributed by atoms with Crippen molar-refractivity contribution in [1.29, 1.82) is 0 Å². The van der Waals surface area contributed by atoms with Gasteiger partial charge in [0, 0.05) is 6.61 Å². The Morgan fingerprint density at radius 3 is 2.72 bits per heavy atom. The molecule has 2 rings (SSSR count). The van der Waals surface area contributed by atoms with Gasteiger partial charge in [-0.25, -0.2) is 0 Å². The Bertz CT molecular complexity index is 358. The highest BCUT2D eigenvalue weighted by atomic mass is 16.5. The van der Waals surface area contributed by atoms with Gasteiger partial charge in [-0.3, -0.25) is 9.59 Å². The van der Waals surface area contributed by atoms with Crippen LogP contribution in [0.4, 0.5) is 0 Å². The molecular formula is C12H19NO5. The van der Waals surface area contributed by atoms with Crippen molar-refractivity contribution < 1.29 is 24.2 Å². The molecule has 2 fully saturated rings. The Kier molecular flexibility index (Phi) is 3.59. The van der Waals surface area contributed by atoms with Crippen LogP contribution in [0.3, 0.4) is 0 Å². The van der Waals surface area contributed by atoms with Gasteiger partial charge in [0.05, 0.1) is 19.3 Å². The maximum absolute atomic E-state index is 12.0. The topological polar surface area (TPSA) is 84.9 Å². The summed E-state index contributed by atoms with van der Waals surface area (Å²) in [5.74, 6) is -1.02. The molecule has 0 aromatic rings. The van der Waals surface area contributed by atoms with Gasteiger partial charge in [-0.2, -0.15) is 0 Å². The van der Waals surface area contributed by atoms with Crippen LogP contribution < -0.4 is 5.32 Å². The molecule has 0 saturated carbocycles. The second-order valence-electron chi connectivity index (χ2n) is 5.36. The molecule has 102 valence electrons. The van der Waals surface area contributed by atoms with E-state index in [4.69, 9.17) is 9.47 Å². The largest absolute Gasteiger partial charge is 0.481 e. The summed E-state index contributed by atoms with van der Waals surface area (Å²) >= 11 is 0. The molecule has 0 aliphatic carbocycles. The SMILES string of the molecule is CC1CCOC1C(=O)NC1COCC1(C)C(=O)O. The van der Waals surface area contributed by atoms with E-state index in [1.165, 1.54) is 0 Å². The van der Waals surface area contributed by atoms with E-state index in [0.29, 0.717) is 6.61 Å². The Morgan fingerprint density at radius 2 is 2.17 bits per heavy atom. The number of ether oxygens (including phenoxy) is 2. The summed E-state index contributed by atoms with van der Waals surface area (Å²) in [6, 6.07) is -0.501. The third-order valence-corrected chi connectivity index (χ3v) is 3.91. The summed E-state index contributed by atoms with van der Waals surface area (Å²) in [7, 11) is 0. The van der Waals surface area contributed by atoms with E-state index >= 15 is 0 Å². The number of hydrogen-bond donors (Lipinski definition) is 2. The maximum atomic E-state index is 12.0. The van der Waals surface area contributed by atoms with E-state index in [0.717, 1.165) is 6.42 Å². The van der Waals surface area contributed by atoms with Crippen molar-refractivity contribution in [2.24, 2.45) is 11.3 Å². The van der Waals surface area contributed by atoms with Crippen LogP contribution in [0.5, 0.6) is 0 Å². The van der Waals surface area contributed by atoms with Gasteiger partial charge in [0.25, 0.3) is 0 Å². The summed E-state index contributed by atoms with van der Waals surface area (Å²) in [5, 5.41) is 12.0. The third kappa shape index (κ3) is 2.22. The van der Waals surface area contributed by atoms with Gasteiger partial charge in [0.15, 0.2) is 0 Å². The number of carbonyl (C=O) groups is 2. The van der Waals surface area contributed by atoms with E-state index in [-0.39, 0.29) is 25.0 Å². The molecule has 0 aromatic heterocycles. The zero-order valence-corrected chi connectivity index (χ0v) is 10.6. The quantitative estimate of drug-likeness (QED) is 0.744. The van der Waals surface area contributed by atoms with Crippen molar-refractivity contribution in [1.82, 2.24) is 5.32 Å². The monoisotopic (exact) mass is 257 g/mol. The fraction of sp³-hybridized carbons (Fsp3) is 0.833. The highest BCUT2D eigenvalue weighted by molar-refractivity contribution is 5.83. The second kappa shape index (κ2) is 4.85. The lowest BCUT2D eigenvalue weighted by Crippen LogP contribution is -2.52. The zero-order valence-electron chi connectivity index (χ0n) is 10.6. The van der Waals surface area contributed by atoms with E-state index in [1.54, 1.807) is 6.92 Å². The molecule has 2 saturated heterocycles. The Balaban J connectivity index is 2.00. The summed E-state index contributed by atoms with van der Waals surface area (Å²) in [6.07, 6.45) is 0.388. The lowest BCUT2D eigenvalue weighted by molar-refractivity contribution is -0.149. The Morgan fingerprint density at radius 1 is 1.44 bits per heavy atom. The molecule has 0 bridgehead atoms. The Hall–Kier alpha value is -1.14. The minimum atomic E-state index is -1.06. The number of carbonyl (C=O) groups excluding carboxylic acids is 1. The average Bonchev–Trinajstić information content (AvgIpc) is 2.87. The number of rotatable bonds is 3. The smallest absolute Gasteiger partial charge is 0.313 e. The second-order valence-corrected chi connectivity index (χ2v) is 5.36. The van der Waals surface area contributed by atoms with Gasteiger partial charge >= 0.3 is 5.97 Å². The highest BCUT2D eigenvalue weighted by Gasteiger charge is 2.48. The van der Waals surface area contributed by atoms with Gasteiger partial charge in [0.1, 0.15) is 11.5 Å². The molecule has 0 radical (unpaired) electrons. The van der Waals surface area contributed by atoms with Crippen LogP contribution >= 0.6 is 0 Å². The molecule has 1 amide bonds. The van der Waals surface area contributed by atoms with Crippen LogP contribution in [0, 0.1) is 11.3 Å². The molecule has 6 nitrogen and oxygen atoms in total. The molecule has 2 N–H and O–H groups in total. The molecule has 2 heterocycles. The van der Waals surface area contributed by atoms with E-state index in [2.05, 4.69) is 5.32 Å². The fourth-order valence-electron chi connectivity index (χ4n) is 2.37. The first-order chi connectivity index (χ1) is 8.45. The maximum Gasteiger partial charge on any atom is 0.313 e. The van der Waals surface area contributed by atoms with Crippen molar-refractivity contribution in [3.63, 3.8) is 0 Å². The molecule has 2 aliphatic rings. The molecule has 0 spiro atoms. The van der Waals surface area contributed by atoms with Crippen molar-refractivity contribution in [3.05, 3.63) is 0 Å². The van der Waals surface area contributed by atoms with Crippen LogP contribution in [0.1, 0.15) is 20.3 Å². The van der Waals surface area contributed by atoms with E-state index < -0.39 is 23.5 Å². The van der Waals surface area contributed by atoms with Gasteiger partial charge < -0.3 is 19.9 Å². The van der Waals surface area contributed by atoms with Crippen LogP contribution in [0.25, 0.3) is 0 Å². The highest BCUT2D eigenvalue weighted by Crippen LogP contribution is 2.29. The predicted molar refractivity (Wildman–Crippen MR) is 62.0 cm³/mol. The van der Waals surface area contributed by atoms with Gasteiger partial charge in [0.2, 0.25) is 5.91 Å². The number of hydrogen-bond acceptors (Lipinski definition) is 4. The van der Waals surface area contributed by atoms with Gasteiger partial charge in [-0.05, 0) is 19.3 Å². The van der Waals surface area contributed by atoms with Crippen molar-refractivity contribution in [2.75, 3.05) is 19.8 Å². The predicted octanol–water partition coefficient (Wildman–Crippen LogP) is 0.0173. The van der Waals surface area contributed by atoms with Crippen molar-refractivity contribution >= 4 is 11.9 Å². The van der Waals surface area contributed by atoms with Gasteiger partial charge in [-0.15, -0.1) is 0 Å². The molecule has 4 atom stereocenters. The van der Waals surface area contributed by atoms with E-state index in [9.17, 15) is 14.7 Å². The summed E-state index contributed by atoms with van der Waals surface area (Å²) in [4.78, 5) is 23.3.